The van der Waals surface area contributed by atoms with Gasteiger partial charge in [-0.1, -0.05) is 5.92 Å². The lowest BCUT2D eigenvalue weighted by atomic mass is 10.1. The first-order valence-electron chi connectivity index (χ1n) is 6.05. The van der Waals surface area contributed by atoms with Gasteiger partial charge >= 0.3 is 5.97 Å². The number of furan rings is 1. The van der Waals surface area contributed by atoms with Crippen LogP contribution in [-0.2, 0) is 4.74 Å². The number of carbonyl (C=O) groups is 1. The van der Waals surface area contributed by atoms with Crippen molar-refractivity contribution in [3.05, 3.63) is 27.9 Å². The molecule has 0 unspecified atom stereocenters. The average molecular weight is 337 g/mol. The molecule has 0 bridgehead atoms. The van der Waals surface area contributed by atoms with Gasteiger partial charge in [0.15, 0.2) is 0 Å². The fourth-order valence-electron chi connectivity index (χ4n) is 1.93. The molecule has 0 atom stereocenters. The number of esters is 1. The first kappa shape index (κ1) is 14.5. The lowest BCUT2D eigenvalue weighted by Crippen LogP contribution is -2.04. The smallest absolute Gasteiger partial charge is 0.374 e. The molecular formula is C15H13BrO4. The highest BCUT2D eigenvalue weighted by molar-refractivity contribution is 9.10. The number of ether oxygens (including phenoxy) is 2. The molecule has 0 aliphatic heterocycles. The fraction of sp³-hybridized carbons (Fsp3) is 0.267. The van der Waals surface area contributed by atoms with E-state index in [4.69, 9.17) is 20.3 Å². The zero-order chi connectivity index (χ0) is 14.7. The molecule has 2 aromatic rings. The number of benzene rings is 1. The Labute approximate surface area is 125 Å². The van der Waals surface area contributed by atoms with Crippen LogP contribution in [0.15, 0.2) is 21.0 Å². The second-order valence-corrected chi connectivity index (χ2v) is 4.87. The van der Waals surface area contributed by atoms with Gasteiger partial charge in [0.2, 0.25) is 5.76 Å². The molecule has 0 N–H and O–H groups in total. The van der Waals surface area contributed by atoms with Crippen LogP contribution in [0.4, 0.5) is 0 Å². The minimum Gasteiger partial charge on any atom is -0.479 e. The van der Waals surface area contributed by atoms with Gasteiger partial charge in [-0.25, -0.2) is 4.79 Å². The summed E-state index contributed by atoms with van der Waals surface area (Å²) in [6.45, 7) is 3.96. The predicted octanol–water partition coefficient (Wildman–Crippen LogP) is 3.69. The minimum atomic E-state index is -0.486. The highest BCUT2D eigenvalue weighted by Gasteiger charge is 2.22. The van der Waals surface area contributed by atoms with E-state index in [0.29, 0.717) is 23.5 Å². The van der Waals surface area contributed by atoms with Gasteiger partial charge in [0.1, 0.15) is 17.9 Å². The van der Waals surface area contributed by atoms with Crippen LogP contribution in [0.1, 0.15) is 23.0 Å². The highest BCUT2D eigenvalue weighted by Crippen LogP contribution is 2.38. The van der Waals surface area contributed by atoms with Crippen molar-refractivity contribution in [2.75, 3.05) is 13.2 Å². The molecule has 0 saturated heterocycles. The lowest BCUT2D eigenvalue weighted by Gasteiger charge is -2.06. The molecule has 104 valence electrons. The van der Waals surface area contributed by atoms with Crippen molar-refractivity contribution in [1.29, 1.82) is 0 Å². The molecule has 20 heavy (non-hydrogen) atoms. The fourth-order valence-corrected chi connectivity index (χ4v) is 2.37. The van der Waals surface area contributed by atoms with Crippen LogP contribution in [0.3, 0.4) is 0 Å². The summed E-state index contributed by atoms with van der Waals surface area (Å²) in [6.07, 6.45) is 5.21. The van der Waals surface area contributed by atoms with Crippen LogP contribution in [0.2, 0.25) is 0 Å². The van der Waals surface area contributed by atoms with Crippen LogP contribution in [0.5, 0.6) is 5.75 Å². The number of hydrogen-bond donors (Lipinski definition) is 0. The summed E-state index contributed by atoms with van der Waals surface area (Å²) in [5.41, 5.74) is 1.23. The van der Waals surface area contributed by atoms with Crippen molar-refractivity contribution < 1.29 is 18.7 Å². The number of rotatable bonds is 4. The van der Waals surface area contributed by atoms with E-state index in [1.165, 1.54) is 0 Å². The second kappa shape index (κ2) is 6.02. The van der Waals surface area contributed by atoms with Gasteiger partial charge in [-0.15, -0.1) is 6.42 Å². The zero-order valence-corrected chi connectivity index (χ0v) is 12.7. The maximum Gasteiger partial charge on any atom is 0.374 e. The molecule has 0 amide bonds. The standard InChI is InChI=1S/C15H13BrO4/c1-4-8-19-14-10(16)6-7-11-12(14)9(3)13(20-11)15(17)18-5-2/h1,6-7H,5,8H2,2-3H3. The van der Waals surface area contributed by atoms with E-state index in [0.717, 1.165) is 9.86 Å². The summed E-state index contributed by atoms with van der Waals surface area (Å²) in [7, 11) is 0. The van der Waals surface area contributed by atoms with Crippen molar-refractivity contribution in [1.82, 2.24) is 0 Å². The molecule has 0 aliphatic rings. The number of carbonyl (C=O) groups excluding carboxylic acids is 1. The third-order valence-corrected chi connectivity index (χ3v) is 3.38. The number of terminal acetylenes is 1. The molecule has 1 aromatic heterocycles. The summed E-state index contributed by atoms with van der Waals surface area (Å²) in [6, 6.07) is 3.55. The van der Waals surface area contributed by atoms with Crippen LogP contribution in [0.25, 0.3) is 11.0 Å². The van der Waals surface area contributed by atoms with E-state index in [2.05, 4.69) is 21.9 Å². The zero-order valence-electron chi connectivity index (χ0n) is 11.2. The Morgan fingerprint density at radius 2 is 2.25 bits per heavy atom. The topological polar surface area (TPSA) is 48.7 Å². The van der Waals surface area contributed by atoms with Gasteiger partial charge in [0.25, 0.3) is 0 Å². The van der Waals surface area contributed by atoms with Gasteiger partial charge in [-0.3, -0.25) is 0 Å². The van der Waals surface area contributed by atoms with Crippen LogP contribution < -0.4 is 4.74 Å². The van der Waals surface area contributed by atoms with E-state index in [-0.39, 0.29) is 12.4 Å². The third kappa shape index (κ3) is 2.52. The SMILES string of the molecule is C#CCOc1c(Br)ccc2oc(C(=O)OCC)c(C)c12. The van der Waals surface area contributed by atoms with Gasteiger partial charge in [0.05, 0.1) is 16.5 Å². The Morgan fingerprint density at radius 1 is 1.50 bits per heavy atom. The maximum atomic E-state index is 11.8. The van der Waals surface area contributed by atoms with Crippen molar-refractivity contribution in [2.24, 2.45) is 0 Å². The Kier molecular flexibility index (Phi) is 4.35. The largest absolute Gasteiger partial charge is 0.479 e. The molecule has 0 aliphatic carbocycles. The summed E-state index contributed by atoms with van der Waals surface area (Å²) >= 11 is 3.41. The van der Waals surface area contributed by atoms with E-state index in [9.17, 15) is 4.79 Å². The molecule has 0 fully saturated rings. The van der Waals surface area contributed by atoms with Crippen LogP contribution in [-0.4, -0.2) is 19.2 Å². The first-order valence-corrected chi connectivity index (χ1v) is 6.84. The Hall–Kier alpha value is -1.93. The van der Waals surface area contributed by atoms with Gasteiger partial charge in [0, 0.05) is 5.56 Å². The lowest BCUT2D eigenvalue weighted by molar-refractivity contribution is 0.0491. The molecule has 5 heteroatoms. The van der Waals surface area contributed by atoms with Gasteiger partial charge < -0.3 is 13.9 Å². The number of hydrogen-bond acceptors (Lipinski definition) is 4. The van der Waals surface area contributed by atoms with E-state index in [1.54, 1.807) is 26.0 Å². The number of fused-ring (bicyclic) bond motifs is 1. The highest BCUT2D eigenvalue weighted by atomic mass is 79.9. The average Bonchev–Trinajstić information content (AvgIpc) is 2.76. The second-order valence-electron chi connectivity index (χ2n) is 4.02. The van der Waals surface area contributed by atoms with Crippen molar-refractivity contribution in [3.8, 4) is 18.1 Å². The molecular weight excluding hydrogens is 324 g/mol. The van der Waals surface area contributed by atoms with Crippen LogP contribution >= 0.6 is 15.9 Å². The monoisotopic (exact) mass is 336 g/mol. The Morgan fingerprint density at radius 3 is 2.90 bits per heavy atom. The predicted molar refractivity (Wildman–Crippen MR) is 78.9 cm³/mol. The first-order chi connectivity index (χ1) is 9.60. The number of halogens is 1. The molecule has 0 saturated carbocycles. The summed E-state index contributed by atoms with van der Waals surface area (Å²) in [5, 5.41) is 0.720. The van der Waals surface area contributed by atoms with Gasteiger partial charge in [-0.05, 0) is 41.9 Å². The normalized spacial score (nSPS) is 10.3. The molecule has 2 rings (SSSR count). The maximum absolute atomic E-state index is 11.8. The summed E-state index contributed by atoms with van der Waals surface area (Å²) in [4.78, 5) is 11.8. The summed E-state index contributed by atoms with van der Waals surface area (Å²) < 4.78 is 16.8. The van der Waals surface area contributed by atoms with Crippen molar-refractivity contribution in [2.45, 2.75) is 13.8 Å². The molecule has 0 spiro atoms. The van der Waals surface area contributed by atoms with Crippen molar-refractivity contribution in [3.63, 3.8) is 0 Å². The van der Waals surface area contributed by atoms with Crippen molar-refractivity contribution >= 4 is 32.9 Å². The van der Waals surface area contributed by atoms with Gasteiger partial charge in [-0.2, -0.15) is 0 Å². The molecule has 1 heterocycles. The van der Waals surface area contributed by atoms with E-state index < -0.39 is 5.97 Å². The quantitative estimate of drug-likeness (QED) is 0.631. The van der Waals surface area contributed by atoms with Crippen LogP contribution in [0, 0.1) is 19.3 Å². The molecule has 0 radical (unpaired) electrons. The Balaban J connectivity index is 2.60. The van der Waals surface area contributed by atoms with E-state index >= 15 is 0 Å². The third-order valence-electron chi connectivity index (χ3n) is 2.76. The Bertz CT molecular complexity index is 694. The summed E-state index contributed by atoms with van der Waals surface area (Å²) in [5.74, 6) is 2.68. The number of aryl methyl sites for hydroxylation is 1. The van der Waals surface area contributed by atoms with E-state index in [1.807, 2.05) is 0 Å². The molecule has 1 aromatic carbocycles. The molecule has 4 nitrogen and oxygen atoms in total. The minimum absolute atomic E-state index is 0.136.